The van der Waals surface area contributed by atoms with Crippen molar-refractivity contribution in [2.45, 2.75) is 51.1 Å². The van der Waals surface area contributed by atoms with E-state index in [2.05, 4.69) is 27.3 Å². The van der Waals surface area contributed by atoms with Crippen LogP contribution in [0.3, 0.4) is 0 Å². The van der Waals surface area contributed by atoms with Gasteiger partial charge in [0.05, 0.1) is 20.3 Å². The molecule has 0 spiro atoms. The molecule has 1 unspecified atom stereocenters. The van der Waals surface area contributed by atoms with Crippen molar-refractivity contribution in [2.75, 3.05) is 38.8 Å². The number of hydrogen-bond donors (Lipinski definition) is 1. The maximum Gasteiger partial charge on any atom is 0.318 e. The monoisotopic (exact) mass is 438 g/mol. The number of carbonyl (C=O) groups excluding carboxylic acids is 1. The predicted molar refractivity (Wildman–Crippen MR) is 125 cm³/mol. The number of benzene rings is 1. The Morgan fingerprint density at radius 2 is 1.84 bits per heavy atom. The topological polar surface area (TPSA) is 66.9 Å². The molecule has 0 aliphatic carbocycles. The Hall–Kier alpha value is -2.96. The lowest BCUT2D eigenvalue weighted by atomic mass is 10.0. The summed E-state index contributed by atoms with van der Waals surface area (Å²) in [5.41, 5.74) is 2.03. The van der Waals surface area contributed by atoms with Crippen molar-refractivity contribution in [1.82, 2.24) is 15.2 Å². The number of nitrogens with zero attached hydrogens (tertiary/aromatic N) is 3. The number of carbonyl (C=O) groups is 1. The average molecular weight is 439 g/mol. The van der Waals surface area contributed by atoms with Crippen LogP contribution in [-0.2, 0) is 6.54 Å². The Labute approximate surface area is 190 Å². The largest absolute Gasteiger partial charge is 0.497 e. The van der Waals surface area contributed by atoms with Crippen LogP contribution in [0.25, 0.3) is 0 Å². The van der Waals surface area contributed by atoms with Crippen LogP contribution in [0, 0.1) is 0 Å². The zero-order chi connectivity index (χ0) is 22.3. The van der Waals surface area contributed by atoms with E-state index >= 15 is 0 Å². The molecule has 1 atom stereocenters. The van der Waals surface area contributed by atoms with Crippen molar-refractivity contribution in [3.05, 3.63) is 47.7 Å². The summed E-state index contributed by atoms with van der Waals surface area (Å²) in [7, 11) is 3.29. The van der Waals surface area contributed by atoms with Crippen molar-refractivity contribution in [3.63, 3.8) is 0 Å². The molecule has 7 heteroatoms. The fourth-order valence-electron chi connectivity index (χ4n) is 4.71. The summed E-state index contributed by atoms with van der Waals surface area (Å²) in [6, 6.07) is 9.89. The minimum atomic E-state index is -0.0537. The van der Waals surface area contributed by atoms with Gasteiger partial charge in [-0.3, -0.25) is 0 Å². The van der Waals surface area contributed by atoms with Gasteiger partial charge in [0.1, 0.15) is 17.3 Å². The number of likely N-dealkylation sites (tertiary alicyclic amines) is 1. The molecule has 172 valence electrons. The van der Waals surface area contributed by atoms with Gasteiger partial charge in [-0.25, -0.2) is 9.78 Å². The summed E-state index contributed by atoms with van der Waals surface area (Å²) >= 11 is 0. The van der Waals surface area contributed by atoms with E-state index in [-0.39, 0.29) is 12.1 Å². The molecule has 7 nitrogen and oxygen atoms in total. The molecule has 32 heavy (non-hydrogen) atoms. The molecule has 2 aliphatic heterocycles. The van der Waals surface area contributed by atoms with Crippen LogP contribution in [0.2, 0.25) is 0 Å². The Balaban J connectivity index is 1.37. The van der Waals surface area contributed by atoms with E-state index in [1.807, 2.05) is 29.3 Å². The third kappa shape index (κ3) is 5.09. The first-order valence-electron chi connectivity index (χ1n) is 11.7. The third-order valence-corrected chi connectivity index (χ3v) is 6.50. The first kappa shape index (κ1) is 22.2. The van der Waals surface area contributed by atoms with Crippen molar-refractivity contribution in [1.29, 1.82) is 0 Å². The SMILES string of the molecule is COc1ccc(C2CCCN2C(=O)NCc2ccc(N3CCCCCC3)nc2)c(OC)c1. The molecular weight excluding hydrogens is 404 g/mol. The van der Waals surface area contributed by atoms with Gasteiger partial charge in [-0.2, -0.15) is 0 Å². The molecule has 4 rings (SSSR count). The third-order valence-electron chi connectivity index (χ3n) is 6.50. The van der Waals surface area contributed by atoms with Crippen LogP contribution in [0.4, 0.5) is 10.6 Å². The normalized spacial score (nSPS) is 18.9. The molecule has 3 heterocycles. The second-order valence-corrected chi connectivity index (χ2v) is 8.54. The summed E-state index contributed by atoms with van der Waals surface area (Å²) in [5.74, 6) is 2.53. The molecular formula is C25H34N4O3. The van der Waals surface area contributed by atoms with Crippen LogP contribution >= 0.6 is 0 Å². The Kier molecular flexibility index (Phi) is 7.35. The van der Waals surface area contributed by atoms with Crippen LogP contribution in [-0.4, -0.2) is 49.8 Å². The van der Waals surface area contributed by atoms with E-state index in [9.17, 15) is 4.79 Å². The van der Waals surface area contributed by atoms with Crippen molar-refractivity contribution in [2.24, 2.45) is 0 Å². The smallest absolute Gasteiger partial charge is 0.318 e. The summed E-state index contributed by atoms with van der Waals surface area (Å²) in [5, 5.41) is 3.08. The van der Waals surface area contributed by atoms with E-state index in [1.54, 1.807) is 14.2 Å². The Morgan fingerprint density at radius 1 is 1.03 bits per heavy atom. The minimum absolute atomic E-state index is 0.000562. The molecule has 0 bridgehead atoms. The van der Waals surface area contributed by atoms with Crippen molar-refractivity contribution < 1.29 is 14.3 Å². The number of anilines is 1. The highest BCUT2D eigenvalue weighted by Crippen LogP contribution is 2.38. The van der Waals surface area contributed by atoms with E-state index < -0.39 is 0 Å². The number of methoxy groups -OCH3 is 2. The Morgan fingerprint density at radius 3 is 2.53 bits per heavy atom. The molecule has 2 aromatic rings. The van der Waals surface area contributed by atoms with E-state index in [1.165, 1.54) is 25.7 Å². The molecule has 1 aromatic heterocycles. The highest BCUT2D eigenvalue weighted by Gasteiger charge is 2.32. The quantitative estimate of drug-likeness (QED) is 0.718. The fourth-order valence-corrected chi connectivity index (χ4v) is 4.71. The predicted octanol–water partition coefficient (Wildman–Crippen LogP) is 4.53. The van der Waals surface area contributed by atoms with Crippen molar-refractivity contribution in [3.8, 4) is 11.5 Å². The summed E-state index contributed by atoms with van der Waals surface area (Å²) in [4.78, 5) is 21.9. The lowest BCUT2D eigenvalue weighted by Gasteiger charge is -2.27. The molecule has 2 fully saturated rings. The van der Waals surface area contributed by atoms with Crippen LogP contribution in [0.5, 0.6) is 11.5 Å². The first-order valence-corrected chi connectivity index (χ1v) is 11.7. The highest BCUT2D eigenvalue weighted by atomic mass is 16.5. The summed E-state index contributed by atoms with van der Waals surface area (Å²) in [6.07, 6.45) is 8.85. The van der Waals surface area contributed by atoms with Gasteiger partial charge in [0.25, 0.3) is 0 Å². The van der Waals surface area contributed by atoms with Crippen LogP contribution in [0.1, 0.15) is 55.7 Å². The lowest BCUT2D eigenvalue weighted by molar-refractivity contribution is 0.191. The molecule has 1 aromatic carbocycles. The zero-order valence-electron chi connectivity index (χ0n) is 19.2. The van der Waals surface area contributed by atoms with E-state index in [4.69, 9.17) is 9.47 Å². The molecule has 2 amide bonds. The molecule has 1 N–H and O–H groups in total. The number of rotatable bonds is 6. The number of hydrogen-bond acceptors (Lipinski definition) is 5. The van der Waals surface area contributed by atoms with Gasteiger partial charge in [0, 0.05) is 44.0 Å². The van der Waals surface area contributed by atoms with Crippen molar-refractivity contribution >= 4 is 11.8 Å². The number of ether oxygens (including phenoxy) is 2. The maximum atomic E-state index is 13.0. The summed E-state index contributed by atoms with van der Waals surface area (Å²) < 4.78 is 10.9. The standard InChI is InChI=1S/C25H34N4O3/c1-31-20-10-11-21(23(16-20)32-2)22-8-7-15-29(22)25(30)27-18-19-9-12-24(26-17-19)28-13-5-3-4-6-14-28/h9-12,16-17,22H,3-8,13-15,18H2,1-2H3,(H,27,30). The maximum absolute atomic E-state index is 13.0. The zero-order valence-corrected chi connectivity index (χ0v) is 19.2. The summed E-state index contributed by atoms with van der Waals surface area (Å²) in [6.45, 7) is 3.36. The van der Waals surface area contributed by atoms with Gasteiger partial charge in [0.2, 0.25) is 0 Å². The molecule has 0 radical (unpaired) electrons. The number of aromatic nitrogens is 1. The van der Waals surface area contributed by atoms with Gasteiger partial charge < -0.3 is 24.6 Å². The van der Waals surface area contributed by atoms with Crippen LogP contribution in [0.15, 0.2) is 36.5 Å². The van der Waals surface area contributed by atoms with Gasteiger partial charge in [-0.15, -0.1) is 0 Å². The number of pyridine rings is 1. The van der Waals surface area contributed by atoms with Gasteiger partial charge in [0.15, 0.2) is 0 Å². The molecule has 2 saturated heterocycles. The number of urea groups is 1. The highest BCUT2D eigenvalue weighted by molar-refractivity contribution is 5.75. The van der Waals surface area contributed by atoms with E-state index in [0.717, 1.165) is 60.9 Å². The van der Waals surface area contributed by atoms with Gasteiger partial charge >= 0.3 is 6.03 Å². The number of amides is 2. The first-order chi connectivity index (χ1) is 15.7. The van der Waals surface area contributed by atoms with Crippen LogP contribution < -0.4 is 19.7 Å². The molecule has 0 saturated carbocycles. The van der Waals surface area contributed by atoms with Gasteiger partial charge in [-0.05, 0) is 49.4 Å². The fraction of sp³-hybridized carbons (Fsp3) is 0.520. The molecule has 2 aliphatic rings. The average Bonchev–Trinajstić information content (AvgIpc) is 3.17. The lowest BCUT2D eigenvalue weighted by Crippen LogP contribution is -2.39. The second-order valence-electron chi connectivity index (χ2n) is 8.54. The van der Waals surface area contributed by atoms with E-state index in [0.29, 0.717) is 6.54 Å². The van der Waals surface area contributed by atoms with Gasteiger partial charge in [-0.1, -0.05) is 18.9 Å². The minimum Gasteiger partial charge on any atom is -0.497 e. The second kappa shape index (κ2) is 10.6. The number of nitrogens with one attached hydrogen (secondary N) is 1. The Bertz CT molecular complexity index is 895.